The van der Waals surface area contributed by atoms with E-state index < -0.39 is 0 Å². The van der Waals surface area contributed by atoms with Crippen LogP contribution in [0, 0.1) is 13.8 Å². The summed E-state index contributed by atoms with van der Waals surface area (Å²) in [5, 5.41) is 4.14. The minimum Gasteiger partial charge on any atom is -0.289 e. The Morgan fingerprint density at radius 1 is 0.500 bits per heavy atom. The van der Waals surface area contributed by atoms with Gasteiger partial charge in [-0.1, -0.05) is 117 Å². The third kappa shape index (κ3) is 4.30. The van der Waals surface area contributed by atoms with Crippen molar-refractivity contribution < 1.29 is 4.79 Å². The standard InChI is InChI=1S/C35H24Br2O/c1-21-19-31(23-11-15-25(36)16-12-23)33(29-9-5-3-7-27(21)29)35(38)34-30-10-6-4-8-28(30)22(2)20-32(34)24-13-17-26(37)18-14-24/h3-20H,1-2H3. The minimum absolute atomic E-state index is 0.0354. The van der Waals surface area contributed by atoms with E-state index in [4.69, 9.17) is 0 Å². The maximum atomic E-state index is 15.0. The lowest BCUT2D eigenvalue weighted by molar-refractivity contribution is 0.104. The van der Waals surface area contributed by atoms with Crippen molar-refractivity contribution in [3.8, 4) is 22.3 Å². The van der Waals surface area contributed by atoms with Crippen LogP contribution in [0.3, 0.4) is 0 Å². The number of aryl methyl sites for hydroxylation is 2. The van der Waals surface area contributed by atoms with Gasteiger partial charge in [0.05, 0.1) is 0 Å². The molecule has 184 valence electrons. The smallest absolute Gasteiger partial charge is 0.195 e. The predicted octanol–water partition coefficient (Wildman–Crippen LogP) is 10.7. The molecule has 0 fully saturated rings. The first kappa shape index (κ1) is 24.8. The topological polar surface area (TPSA) is 17.1 Å². The van der Waals surface area contributed by atoms with Gasteiger partial charge in [-0.2, -0.15) is 0 Å². The van der Waals surface area contributed by atoms with Crippen LogP contribution in [0.1, 0.15) is 27.0 Å². The zero-order valence-corrected chi connectivity index (χ0v) is 24.2. The molecule has 6 aromatic carbocycles. The van der Waals surface area contributed by atoms with Gasteiger partial charge in [-0.15, -0.1) is 0 Å². The number of ketones is 1. The summed E-state index contributed by atoms with van der Waals surface area (Å²) >= 11 is 7.12. The molecule has 6 aromatic rings. The fourth-order valence-electron chi connectivity index (χ4n) is 5.44. The number of carbonyl (C=O) groups is 1. The molecule has 1 nitrogen and oxygen atoms in total. The highest BCUT2D eigenvalue weighted by Crippen LogP contribution is 2.40. The van der Waals surface area contributed by atoms with Crippen molar-refractivity contribution >= 4 is 59.2 Å². The van der Waals surface area contributed by atoms with E-state index in [9.17, 15) is 0 Å². The number of benzene rings is 6. The second-order valence-corrected chi connectivity index (χ2v) is 11.5. The zero-order chi connectivity index (χ0) is 26.4. The number of hydrogen-bond acceptors (Lipinski definition) is 1. The van der Waals surface area contributed by atoms with Crippen molar-refractivity contribution in [3.63, 3.8) is 0 Å². The van der Waals surface area contributed by atoms with E-state index in [0.717, 1.165) is 75.0 Å². The average Bonchev–Trinajstić information content (AvgIpc) is 2.93. The summed E-state index contributed by atoms with van der Waals surface area (Å²) in [6.07, 6.45) is 0. The van der Waals surface area contributed by atoms with Crippen LogP contribution >= 0.6 is 31.9 Å². The van der Waals surface area contributed by atoms with Gasteiger partial charge in [0.2, 0.25) is 0 Å². The second-order valence-electron chi connectivity index (χ2n) is 9.67. The van der Waals surface area contributed by atoms with Gasteiger partial charge in [-0.25, -0.2) is 0 Å². The summed E-state index contributed by atoms with van der Waals surface area (Å²) in [6.45, 7) is 4.24. The van der Waals surface area contributed by atoms with Gasteiger partial charge in [0.15, 0.2) is 5.78 Å². The molecule has 0 spiro atoms. The molecular formula is C35H24Br2O. The fourth-order valence-corrected chi connectivity index (χ4v) is 5.97. The Balaban J connectivity index is 1.72. The van der Waals surface area contributed by atoms with Crippen LogP contribution in [-0.4, -0.2) is 5.78 Å². The van der Waals surface area contributed by atoms with Gasteiger partial charge in [0.25, 0.3) is 0 Å². The Kier molecular flexibility index (Phi) is 6.51. The summed E-state index contributed by atoms with van der Waals surface area (Å²) in [5.74, 6) is 0.0354. The largest absolute Gasteiger partial charge is 0.289 e. The molecule has 0 heterocycles. The molecule has 0 radical (unpaired) electrons. The molecule has 0 aliphatic rings. The fraction of sp³-hybridized carbons (Fsp3) is 0.0571. The van der Waals surface area contributed by atoms with Crippen LogP contribution in [0.25, 0.3) is 43.8 Å². The van der Waals surface area contributed by atoms with Gasteiger partial charge in [-0.3, -0.25) is 4.79 Å². The van der Waals surface area contributed by atoms with Crippen LogP contribution in [0.4, 0.5) is 0 Å². The molecule has 0 unspecified atom stereocenters. The summed E-state index contributed by atoms with van der Waals surface area (Å²) in [5.41, 5.74) is 7.71. The average molecular weight is 620 g/mol. The normalized spacial score (nSPS) is 11.3. The van der Waals surface area contributed by atoms with E-state index >= 15 is 4.79 Å². The molecule has 0 saturated heterocycles. The van der Waals surface area contributed by atoms with E-state index in [1.165, 1.54) is 0 Å². The van der Waals surface area contributed by atoms with Crippen LogP contribution in [0.2, 0.25) is 0 Å². The number of hydrogen-bond donors (Lipinski definition) is 0. The van der Waals surface area contributed by atoms with E-state index in [1.807, 2.05) is 48.5 Å². The predicted molar refractivity (Wildman–Crippen MR) is 167 cm³/mol. The van der Waals surface area contributed by atoms with Crippen LogP contribution in [-0.2, 0) is 0 Å². The lowest BCUT2D eigenvalue weighted by Crippen LogP contribution is -2.09. The first-order chi connectivity index (χ1) is 18.4. The molecule has 0 aliphatic heterocycles. The second kappa shape index (κ2) is 9.98. The summed E-state index contributed by atoms with van der Waals surface area (Å²) in [6, 6.07) is 37.2. The van der Waals surface area contributed by atoms with E-state index in [0.29, 0.717) is 0 Å². The maximum absolute atomic E-state index is 15.0. The molecule has 0 aromatic heterocycles. The first-order valence-corrected chi connectivity index (χ1v) is 14.1. The summed E-state index contributed by atoms with van der Waals surface area (Å²) in [4.78, 5) is 15.0. The Morgan fingerprint density at radius 3 is 1.21 bits per heavy atom. The van der Waals surface area contributed by atoms with E-state index in [2.05, 4.69) is 106 Å². The van der Waals surface area contributed by atoms with Crippen molar-refractivity contribution in [1.29, 1.82) is 0 Å². The van der Waals surface area contributed by atoms with Gasteiger partial charge in [0.1, 0.15) is 0 Å². The van der Waals surface area contributed by atoms with Crippen molar-refractivity contribution in [2.75, 3.05) is 0 Å². The molecule has 0 aliphatic carbocycles. The van der Waals surface area contributed by atoms with Crippen molar-refractivity contribution in [3.05, 3.63) is 140 Å². The van der Waals surface area contributed by atoms with Crippen LogP contribution < -0.4 is 0 Å². The molecule has 0 atom stereocenters. The highest BCUT2D eigenvalue weighted by Gasteiger charge is 2.25. The quantitative estimate of drug-likeness (QED) is 0.179. The molecule has 0 N–H and O–H groups in total. The van der Waals surface area contributed by atoms with Crippen molar-refractivity contribution in [2.45, 2.75) is 13.8 Å². The van der Waals surface area contributed by atoms with Gasteiger partial charge < -0.3 is 0 Å². The molecule has 0 saturated carbocycles. The number of carbonyl (C=O) groups excluding carboxylic acids is 1. The van der Waals surface area contributed by atoms with Crippen molar-refractivity contribution in [2.24, 2.45) is 0 Å². The number of fused-ring (bicyclic) bond motifs is 2. The minimum atomic E-state index is 0.0354. The third-order valence-electron chi connectivity index (χ3n) is 7.27. The first-order valence-electron chi connectivity index (χ1n) is 12.5. The van der Waals surface area contributed by atoms with E-state index in [-0.39, 0.29) is 5.78 Å². The van der Waals surface area contributed by atoms with Gasteiger partial charge in [-0.05, 0) is 93.0 Å². The SMILES string of the molecule is Cc1cc(-c2ccc(Br)cc2)c(C(=O)c2c(-c3ccc(Br)cc3)cc(C)c3ccccc23)c2ccccc12. The Hall–Kier alpha value is -3.53. The van der Waals surface area contributed by atoms with Crippen LogP contribution in [0.5, 0.6) is 0 Å². The van der Waals surface area contributed by atoms with Crippen molar-refractivity contribution in [1.82, 2.24) is 0 Å². The number of rotatable bonds is 4. The monoisotopic (exact) mass is 618 g/mol. The Bertz CT molecular complexity index is 1710. The molecule has 3 heteroatoms. The molecule has 38 heavy (non-hydrogen) atoms. The highest BCUT2D eigenvalue weighted by molar-refractivity contribution is 9.10. The lowest BCUT2D eigenvalue weighted by Gasteiger charge is -2.19. The van der Waals surface area contributed by atoms with E-state index in [1.54, 1.807) is 0 Å². The molecule has 0 bridgehead atoms. The number of halogens is 2. The Morgan fingerprint density at radius 2 is 0.842 bits per heavy atom. The molecule has 6 rings (SSSR count). The Labute approximate surface area is 239 Å². The zero-order valence-electron chi connectivity index (χ0n) is 21.1. The third-order valence-corrected chi connectivity index (χ3v) is 8.32. The highest BCUT2D eigenvalue weighted by atomic mass is 79.9. The summed E-state index contributed by atoms with van der Waals surface area (Å²) < 4.78 is 2.02. The molecule has 0 amide bonds. The van der Waals surface area contributed by atoms with Gasteiger partial charge >= 0.3 is 0 Å². The molecular weight excluding hydrogens is 596 g/mol. The summed E-state index contributed by atoms with van der Waals surface area (Å²) in [7, 11) is 0. The maximum Gasteiger partial charge on any atom is 0.195 e. The van der Waals surface area contributed by atoms with Gasteiger partial charge in [0, 0.05) is 20.1 Å². The lowest BCUT2D eigenvalue weighted by atomic mass is 9.83. The van der Waals surface area contributed by atoms with Crippen LogP contribution in [0.15, 0.2) is 118 Å².